The molecule has 2 aromatic heterocycles. The molecule has 3 aromatic rings. The van der Waals surface area contributed by atoms with Gasteiger partial charge in [0.1, 0.15) is 0 Å². The molecular formula is C20H23N5O2. The molecule has 0 atom stereocenters. The lowest BCUT2D eigenvalue weighted by molar-refractivity contribution is 0.0785. The molecule has 3 heterocycles. The fourth-order valence-electron chi connectivity index (χ4n) is 3.42. The maximum Gasteiger partial charge on any atom is 0.253 e. The van der Waals surface area contributed by atoms with E-state index in [-0.39, 0.29) is 5.91 Å². The average Bonchev–Trinajstić information content (AvgIpc) is 3.05. The zero-order chi connectivity index (χ0) is 18.8. The largest absolute Gasteiger partial charge is 0.378 e. The molecule has 1 fully saturated rings. The lowest BCUT2D eigenvalue weighted by Gasteiger charge is -2.27. The van der Waals surface area contributed by atoms with Crippen LogP contribution >= 0.6 is 0 Å². The van der Waals surface area contributed by atoms with E-state index in [9.17, 15) is 4.79 Å². The third-order valence-corrected chi connectivity index (χ3v) is 4.89. The smallest absolute Gasteiger partial charge is 0.253 e. The van der Waals surface area contributed by atoms with Gasteiger partial charge >= 0.3 is 0 Å². The maximum absolute atomic E-state index is 12.8. The van der Waals surface area contributed by atoms with Gasteiger partial charge in [-0.15, -0.1) is 0 Å². The van der Waals surface area contributed by atoms with Crippen LogP contribution in [0.2, 0.25) is 0 Å². The predicted molar refractivity (Wildman–Crippen MR) is 104 cm³/mol. The molecule has 0 unspecified atom stereocenters. The van der Waals surface area contributed by atoms with Crippen molar-refractivity contribution >= 4 is 22.9 Å². The van der Waals surface area contributed by atoms with Crippen molar-refractivity contribution in [1.82, 2.24) is 19.4 Å². The normalized spacial score (nSPS) is 14.5. The van der Waals surface area contributed by atoms with E-state index in [1.165, 1.54) is 0 Å². The van der Waals surface area contributed by atoms with E-state index in [1.54, 1.807) is 24.3 Å². The number of amides is 1. The summed E-state index contributed by atoms with van der Waals surface area (Å²) in [4.78, 5) is 25.6. The number of anilines is 1. The van der Waals surface area contributed by atoms with Crippen LogP contribution in [0.15, 0.2) is 42.7 Å². The maximum atomic E-state index is 12.8. The van der Waals surface area contributed by atoms with E-state index in [0.717, 1.165) is 35.6 Å². The number of ether oxygens (including phenoxy) is 1. The average molecular weight is 365 g/mol. The van der Waals surface area contributed by atoms with Crippen molar-refractivity contribution in [3.63, 3.8) is 0 Å². The molecular weight excluding hydrogens is 342 g/mol. The second-order valence-electron chi connectivity index (χ2n) is 6.80. The van der Waals surface area contributed by atoms with Crippen LogP contribution in [-0.2, 0) is 18.3 Å². The number of rotatable bonds is 4. The molecule has 7 nitrogen and oxygen atoms in total. The molecule has 0 bridgehead atoms. The molecule has 27 heavy (non-hydrogen) atoms. The van der Waals surface area contributed by atoms with Crippen LogP contribution in [0.3, 0.4) is 0 Å². The molecule has 1 aliphatic heterocycles. The number of imidazole rings is 1. The van der Waals surface area contributed by atoms with Crippen LogP contribution in [0, 0.1) is 0 Å². The Balaban J connectivity index is 1.58. The lowest BCUT2D eigenvalue weighted by Crippen LogP contribution is -2.37. The van der Waals surface area contributed by atoms with Gasteiger partial charge in [-0.05, 0) is 29.8 Å². The van der Waals surface area contributed by atoms with Crippen LogP contribution in [-0.4, -0.2) is 58.7 Å². The topological polar surface area (TPSA) is 63.5 Å². The Hall–Kier alpha value is -2.93. The molecule has 7 heteroatoms. The Morgan fingerprint density at radius 1 is 1.26 bits per heavy atom. The summed E-state index contributed by atoms with van der Waals surface area (Å²) in [6, 6.07) is 9.56. The number of carbonyl (C=O) groups excluding carboxylic acids is 1. The SMILES string of the molecule is CN(Cc1cccnc1)C(=O)c1ccc2c(c1)nc(N1CCOCC1)n2C. The summed E-state index contributed by atoms with van der Waals surface area (Å²) in [5, 5.41) is 0. The number of aryl methyl sites for hydroxylation is 1. The third-order valence-electron chi connectivity index (χ3n) is 4.89. The van der Waals surface area contributed by atoms with Gasteiger partial charge in [-0.2, -0.15) is 0 Å². The monoisotopic (exact) mass is 365 g/mol. The second kappa shape index (κ2) is 7.36. The number of aromatic nitrogens is 3. The number of morpholine rings is 1. The third kappa shape index (κ3) is 3.50. The highest BCUT2D eigenvalue weighted by Crippen LogP contribution is 2.23. The van der Waals surface area contributed by atoms with E-state index in [2.05, 4.69) is 14.5 Å². The van der Waals surface area contributed by atoms with E-state index in [0.29, 0.717) is 25.3 Å². The molecule has 0 saturated carbocycles. The number of hydrogen-bond donors (Lipinski definition) is 0. The lowest BCUT2D eigenvalue weighted by atomic mass is 10.1. The van der Waals surface area contributed by atoms with Crippen molar-refractivity contribution in [2.24, 2.45) is 7.05 Å². The number of nitrogens with zero attached hydrogens (tertiary/aromatic N) is 5. The highest BCUT2D eigenvalue weighted by Gasteiger charge is 2.19. The van der Waals surface area contributed by atoms with Crippen molar-refractivity contribution in [2.75, 3.05) is 38.3 Å². The molecule has 1 amide bonds. The summed E-state index contributed by atoms with van der Waals surface area (Å²) in [7, 11) is 3.81. The molecule has 4 rings (SSSR count). The van der Waals surface area contributed by atoms with Crippen LogP contribution in [0.1, 0.15) is 15.9 Å². The predicted octanol–water partition coefficient (Wildman–Crippen LogP) is 2.08. The van der Waals surface area contributed by atoms with Gasteiger partial charge in [0, 0.05) is 51.7 Å². The van der Waals surface area contributed by atoms with E-state index >= 15 is 0 Å². The first-order valence-corrected chi connectivity index (χ1v) is 9.07. The number of pyridine rings is 1. The standard InChI is InChI=1S/C20H23N5O2/c1-23(14-15-4-3-7-21-13-15)19(26)16-5-6-18-17(12-16)22-20(24(18)2)25-8-10-27-11-9-25/h3-7,12-13H,8-11,14H2,1-2H3. The Bertz CT molecular complexity index is 948. The van der Waals surface area contributed by atoms with E-state index in [4.69, 9.17) is 9.72 Å². The number of carbonyl (C=O) groups is 1. The van der Waals surface area contributed by atoms with Crippen molar-refractivity contribution < 1.29 is 9.53 Å². The highest BCUT2D eigenvalue weighted by atomic mass is 16.5. The molecule has 1 aromatic carbocycles. The zero-order valence-corrected chi connectivity index (χ0v) is 15.6. The van der Waals surface area contributed by atoms with Gasteiger partial charge in [-0.1, -0.05) is 6.07 Å². The first kappa shape index (κ1) is 17.5. The minimum atomic E-state index is -0.0284. The van der Waals surface area contributed by atoms with Crippen molar-refractivity contribution in [3.8, 4) is 0 Å². The van der Waals surface area contributed by atoms with E-state index < -0.39 is 0 Å². The Labute approximate surface area is 158 Å². The molecule has 0 radical (unpaired) electrons. The molecule has 0 spiro atoms. The van der Waals surface area contributed by atoms with Gasteiger partial charge in [0.2, 0.25) is 5.95 Å². The van der Waals surface area contributed by atoms with Crippen LogP contribution in [0.5, 0.6) is 0 Å². The highest BCUT2D eigenvalue weighted by molar-refractivity contribution is 5.97. The number of fused-ring (bicyclic) bond motifs is 1. The van der Waals surface area contributed by atoms with Crippen LogP contribution < -0.4 is 4.90 Å². The fraction of sp³-hybridized carbons (Fsp3) is 0.350. The van der Waals surface area contributed by atoms with Gasteiger partial charge in [-0.3, -0.25) is 9.78 Å². The van der Waals surface area contributed by atoms with Gasteiger partial charge in [0.25, 0.3) is 5.91 Å². The van der Waals surface area contributed by atoms with Gasteiger partial charge in [0.15, 0.2) is 0 Å². The minimum Gasteiger partial charge on any atom is -0.378 e. The first-order valence-electron chi connectivity index (χ1n) is 9.07. The molecule has 140 valence electrons. The minimum absolute atomic E-state index is 0.0284. The summed E-state index contributed by atoms with van der Waals surface area (Å²) in [5.41, 5.74) is 3.49. The van der Waals surface area contributed by atoms with Crippen molar-refractivity contribution in [1.29, 1.82) is 0 Å². The molecule has 0 aliphatic carbocycles. The summed E-state index contributed by atoms with van der Waals surface area (Å²) < 4.78 is 7.51. The van der Waals surface area contributed by atoms with Gasteiger partial charge < -0.3 is 19.1 Å². The first-order chi connectivity index (χ1) is 13.1. The van der Waals surface area contributed by atoms with Crippen LogP contribution in [0.4, 0.5) is 5.95 Å². The number of hydrogen-bond acceptors (Lipinski definition) is 5. The zero-order valence-electron chi connectivity index (χ0n) is 15.6. The van der Waals surface area contributed by atoms with Gasteiger partial charge in [0.05, 0.1) is 24.2 Å². The van der Waals surface area contributed by atoms with Crippen molar-refractivity contribution in [2.45, 2.75) is 6.54 Å². The quantitative estimate of drug-likeness (QED) is 0.708. The van der Waals surface area contributed by atoms with Gasteiger partial charge in [-0.25, -0.2) is 4.98 Å². The van der Waals surface area contributed by atoms with Crippen LogP contribution in [0.25, 0.3) is 11.0 Å². The molecule has 1 aliphatic rings. The van der Waals surface area contributed by atoms with E-state index in [1.807, 2.05) is 37.4 Å². The summed E-state index contributed by atoms with van der Waals surface area (Å²) >= 11 is 0. The summed E-state index contributed by atoms with van der Waals surface area (Å²) in [6.45, 7) is 3.61. The number of benzene rings is 1. The molecule has 0 N–H and O–H groups in total. The van der Waals surface area contributed by atoms with Crippen molar-refractivity contribution in [3.05, 3.63) is 53.9 Å². The Kier molecular flexibility index (Phi) is 4.77. The second-order valence-corrected chi connectivity index (χ2v) is 6.80. The fourth-order valence-corrected chi connectivity index (χ4v) is 3.42. The molecule has 1 saturated heterocycles. The summed E-state index contributed by atoms with van der Waals surface area (Å²) in [5.74, 6) is 0.890. The Morgan fingerprint density at radius 2 is 2.07 bits per heavy atom. The summed E-state index contributed by atoms with van der Waals surface area (Å²) in [6.07, 6.45) is 3.51. The Morgan fingerprint density at radius 3 is 2.81 bits per heavy atom.